The first kappa shape index (κ1) is 10.9. The summed E-state index contributed by atoms with van der Waals surface area (Å²) in [5.41, 5.74) is 0.638. The van der Waals surface area contributed by atoms with Crippen molar-refractivity contribution in [2.24, 2.45) is 0 Å². The first-order chi connectivity index (χ1) is 7.20. The predicted molar refractivity (Wildman–Crippen MR) is 60.4 cm³/mol. The number of phenolic OH excluding ortho intramolecular Hbond substituents is 1. The van der Waals surface area contributed by atoms with Crippen LogP contribution in [0.4, 0.5) is 4.39 Å². The van der Waals surface area contributed by atoms with E-state index in [1.807, 2.05) is 0 Å². The molecule has 0 amide bonds. The van der Waals surface area contributed by atoms with Crippen molar-refractivity contribution in [1.82, 2.24) is 5.32 Å². The summed E-state index contributed by atoms with van der Waals surface area (Å²) < 4.78 is 14.0. The number of hydrogen-bond acceptors (Lipinski definition) is 2. The Morgan fingerprint density at radius 2 is 2.20 bits per heavy atom. The molecule has 1 aromatic rings. The molecule has 1 aromatic carbocycles. The van der Waals surface area contributed by atoms with Gasteiger partial charge < -0.3 is 10.4 Å². The highest BCUT2D eigenvalue weighted by Crippen LogP contribution is 2.33. The van der Waals surface area contributed by atoms with E-state index in [0.717, 1.165) is 25.8 Å². The maximum absolute atomic E-state index is 13.8. The van der Waals surface area contributed by atoms with Crippen LogP contribution in [-0.2, 0) is 0 Å². The van der Waals surface area contributed by atoms with Crippen molar-refractivity contribution in [2.75, 3.05) is 6.54 Å². The quantitative estimate of drug-likeness (QED) is 0.824. The molecule has 2 nitrogen and oxygen atoms in total. The highest BCUT2D eigenvalue weighted by atomic mass is 79.9. The fourth-order valence-corrected chi connectivity index (χ4v) is 2.30. The Morgan fingerprint density at radius 3 is 2.87 bits per heavy atom. The lowest BCUT2D eigenvalue weighted by Crippen LogP contribution is -2.27. The van der Waals surface area contributed by atoms with E-state index in [9.17, 15) is 9.50 Å². The van der Waals surface area contributed by atoms with E-state index in [1.54, 1.807) is 6.07 Å². The molecular weight excluding hydrogens is 261 g/mol. The van der Waals surface area contributed by atoms with Crippen molar-refractivity contribution in [3.8, 4) is 5.75 Å². The molecule has 0 bridgehead atoms. The van der Waals surface area contributed by atoms with E-state index in [4.69, 9.17) is 0 Å². The molecule has 0 aliphatic carbocycles. The maximum Gasteiger partial charge on any atom is 0.145 e. The Balaban J connectivity index is 2.31. The summed E-state index contributed by atoms with van der Waals surface area (Å²) in [6.07, 6.45) is 3.22. The molecule has 0 spiro atoms. The van der Waals surface area contributed by atoms with Crippen LogP contribution >= 0.6 is 15.9 Å². The molecule has 15 heavy (non-hydrogen) atoms. The Bertz CT molecular complexity index is 364. The van der Waals surface area contributed by atoms with Gasteiger partial charge in [0.2, 0.25) is 0 Å². The zero-order valence-corrected chi connectivity index (χ0v) is 9.85. The van der Waals surface area contributed by atoms with E-state index >= 15 is 0 Å². The standard InChI is InChI=1S/C11H13BrFNO/c12-10-9(15)5-4-7(11(10)13)8-3-1-2-6-14-8/h4-5,8,14-15H,1-3,6H2. The Morgan fingerprint density at radius 1 is 1.40 bits per heavy atom. The van der Waals surface area contributed by atoms with Crippen molar-refractivity contribution < 1.29 is 9.50 Å². The first-order valence-corrected chi connectivity index (χ1v) is 5.89. The number of piperidine rings is 1. The van der Waals surface area contributed by atoms with Crippen LogP contribution in [0.15, 0.2) is 16.6 Å². The summed E-state index contributed by atoms with van der Waals surface area (Å²) in [6.45, 7) is 0.933. The molecule has 0 aromatic heterocycles. The average molecular weight is 274 g/mol. The number of benzene rings is 1. The smallest absolute Gasteiger partial charge is 0.145 e. The Kier molecular flexibility index (Phi) is 3.26. The second kappa shape index (κ2) is 4.49. The second-order valence-electron chi connectivity index (χ2n) is 3.80. The molecule has 2 N–H and O–H groups in total. The van der Waals surface area contributed by atoms with Crippen LogP contribution < -0.4 is 5.32 Å². The lowest BCUT2D eigenvalue weighted by atomic mass is 9.97. The topological polar surface area (TPSA) is 32.3 Å². The van der Waals surface area contributed by atoms with Crippen LogP contribution in [0.3, 0.4) is 0 Å². The van der Waals surface area contributed by atoms with Gasteiger partial charge in [0.05, 0.1) is 4.47 Å². The van der Waals surface area contributed by atoms with Gasteiger partial charge in [0.15, 0.2) is 0 Å². The number of halogens is 2. The zero-order valence-electron chi connectivity index (χ0n) is 8.26. The molecular formula is C11H13BrFNO. The SMILES string of the molecule is Oc1ccc(C2CCCCN2)c(F)c1Br. The van der Waals surface area contributed by atoms with Gasteiger partial charge in [-0.15, -0.1) is 0 Å². The minimum absolute atomic E-state index is 0.0490. The van der Waals surface area contributed by atoms with Gasteiger partial charge in [-0.25, -0.2) is 4.39 Å². The second-order valence-corrected chi connectivity index (χ2v) is 4.60. The molecule has 0 radical (unpaired) electrons. The molecule has 1 atom stereocenters. The zero-order chi connectivity index (χ0) is 10.8. The van der Waals surface area contributed by atoms with Gasteiger partial charge in [0, 0.05) is 11.6 Å². The Labute approximate surface area is 96.6 Å². The van der Waals surface area contributed by atoms with Crippen molar-refractivity contribution in [3.63, 3.8) is 0 Å². The monoisotopic (exact) mass is 273 g/mol. The fraction of sp³-hybridized carbons (Fsp3) is 0.455. The third-order valence-electron chi connectivity index (χ3n) is 2.78. The molecule has 4 heteroatoms. The predicted octanol–water partition coefficient (Wildman–Crippen LogP) is 3.11. The average Bonchev–Trinajstić information content (AvgIpc) is 2.27. The van der Waals surface area contributed by atoms with Crippen molar-refractivity contribution in [2.45, 2.75) is 25.3 Å². The highest BCUT2D eigenvalue weighted by Gasteiger charge is 2.20. The Hall–Kier alpha value is -0.610. The van der Waals surface area contributed by atoms with E-state index in [2.05, 4.69) is 21.2 Å². The van der Waals surface area contributed by atoms with E-state index in [-0.39, 0.29) is 22.1 Å². The van der Waals surface area contributed by atoms with Gasteiger partial charge in [0.25, 0.3) is 0 Å². The lowest BCUT2D eigenvalue weighted by molar-refractivity contribution is 0.396. The highest BCUT2D eigenvalue weighted by molar-refractivity contribution is 9.10. The first-order valence-electron chi connectivity index (χ1n) is 5.10. The minimum Gasteiger partial charge on any atom is -0.507 e. The lowest BCUT2D eigenvalue weighted by Gasteiger charge is -2.24. The van der Waals surface area contributed by atoms with Crippen LogP contribution in [0.2, 0.25) is 0 Å². The largest absolute Gasteiger partial charge is 0.507 e. The molecule has 1 saturated heterocycles. The number of nitrogens with one attached hydrogen (secondary N) is 1. The minimum atomic E-state index is -0.352. The summed E-state index contributed by atoms with van der Waals surface area (Å²) in [5, 5.41) is 12.6. The van der Waals surface area contributed by atoms with Crippen LogP contribution in [0.5, 0.6) is 5.75 Å². The van der Waals surface area contributed by atoms with Crippen LogP contribution in [0.1, 0.15) is 30.9 Å². The summed E-state index contributed by atoms with van der Waals surface area (Å²) >= 11 is 3.04. The molecule has 1 heterocycles. The van der Waals surface area contributed by atoms with Gasteiger partial charge in [-0.3, -0.25) is 0 Å². The van der Waals surface area contributed by atoms with E-state index in [0.29, 0.717) is 5.56 Å². The van der Waals surface area contributed by atoms with Gasteiger partial charge in [0.1, 0.15) is 11.6 Å². The van der Waals surface area contributed by atoms with Gasteiger partial charge in [-0.05, 0) is 41.4 Å². The van der Waals surface area contributed by atoms with Gasteiger partial charge >= 0.3 is 0 Å². The summed E-state index contributed by atoms with van der Waals surface area (Å²) in [5.74, 6) is -0.401. The van der Waals surface area contributed by atoms with Crippen molar-refractivity contribution >= 4 is 15.9 Å². The number of rotatable bonds is 1. The van der Waals surface area contributed by atoms with E-state index < -0.39 is 0 Å². The third-order valence-corrected chi connectivity index (χ3v) is 3.53. The fourth-order valence-electron chi connectivity index (χ4n) is 1.94. The van der Waals surface area contributed by atoms with Crippen molar-refractivity contribution in [3.05, 3.63) is 28.0 Å². The van der Waals surface area contributed by atoms with Gasteiger partial charge in [-0.2, -0.15) is 0 Å². The normalized spacial score (nSPS) is 21.6. The van der Waals surface area contributed by atoms with Crippen molar-refractivity contribution in [1.29, 1.82) is 0 Å². The molecule has 1 unspecified atom stereocenters. The van der Waals surface area contributed by atoms with Crippen LogP contribution in [0, 0.1) is 5.82 Å². The number of phenols is 1. The van der Waals surface area contributed by atoms with E-state index in [1.165, 1.54) is 6.07 Å². The molecule has 82 valence electrons. The third kappa shape index (κ3) is 2.16. The maximum atomic E-state index is 13.8. The number of hydrogen-bond donors (Lipinski definition) is 2. The number of aromatic hydroxyl groups is 1. The molecule has 1 aliphatic heterocycles. The summed E-state index contributed by atoms with van der Waals surface area (Å²) in [7, 11) is 0. The summed E-state index contributed by atoms with van der Waals surface area (Å²) in [6, 6.07) is 3.26. The summed E-state index contributed by atoms with van der Waals surface area (Å²) in [4.78, 5) is 0. The van der Waals surface area contributed by atoms with Gasteiger partial charge in [-0.1, -0.05) is 12.5 Å². The molecule has 1 aliphatic rings. The van der Waals surface area contributed by atoms with Crippen LogP contribution in [0.25, 0.3) is 0 Å². The van der Waals surface area contributed by atoms with Crippen LogP contribution in [-0.4, -0.2) is 11.7 Å². The molecule has 1 fully saturated rings. The molecule has 0 saturated carbocycles. The molecule has 2 rings (SSSR count).